The average Bonchev–Trinajstić information content (AvgIpc) is 3.47. The van der Waals surface area contributed by atoms with E-state index in [2.05, 4.69) is 45.7 Å². The monoisotopic (exact) mass is 1110 g/mol. The number of hydrogen-bond donors (Lipinski definition) is 7. The van der Waals surface area contributed by atoms with Gasteiger partial charge in [-0.3, -0.25) is 18.7 Å². The number of nitrogens with zero attached hydrogens (tertiary/aromatic N) is 3. The average molecular weight is 1110 g/mol. The number of rotatable bonds is 18. The maximum Gasteiger partial charge on any atom is 0.373 e. The van der Waals surface area contributed by atoms with Crippen molar-refractivity contribution in [1.82, 2.24) is 14.9 Å². The number of ketones is 2. The molecule has 0 amide bonds. The quantitative estimate of drug-likeness (QED) is 0.0320. The van der Waals surface area contributed by atoms with Crippen LogP contribution in [0.5, 0.6) is 0 Å². The number of aryl methyl sites for hydroxylation is 1. The second-order valence-electron chi connectivity index (χ2n) is 10.8. The first-order chi connectivity index (χ1) is 30.4. The highest BCUT2D eigenvalue weighted by atomic mass is 32.2. The standard InChI is InChI=1S/C14H22N4O8P2S.C5H11O7P.C3H7O6P.C3H4O3.CO2.2H4P2/c1-8-12(4-5-25-28(23,24)26-27(20,21)22)29-14(9(2)19)18(8)7-11-6-16-10(3)17-13(11)15;1-3(6)5(8)4(7)2-12-13(9,10)11;4-1-3(5)2-9-10(6,7)8;1-2(4)3(5)6;2-1-3;2*1-2/h6,19H,4-5,7H2,1-3H3,(H,23,24)(H2,15,16,17)(H2,20,21,22);4-5,7-8H,2H2,1H3,(H2,9,10,11);1,3,5H,2H2,(H2,6,7,8);1H3,(H,5,6);;2*1-2H2/p-6/b14-9+;;;;;;/t;4-,5-;3-;;;;/m.10..../s1/i;;;;;2*1T. The Kier molecular flexibility index (Phi) is 38.6. The predicted octanol–water partition coefficient (Wildman–Crippen LogP) is -3.84. The number of phosphoric acid groups is 4. The van der Waals surface area contributed by atoms with E-state index in [1.807, 2.05) is 0 Å². The van der Waals surface area contributed by atoms with Crippen LogP contribution in [0.2, 0.25) is 0 Å². The molecule has 378 valence electrons. The molecule has 1 aromatic rings. The topological polar surface area (TPSA) is 522 Å². The lowest BCUT2D eigenvalue weighted by atomic mass is 10.1. The number of aliphatic carboxylic acids is 1. The fourth-order valence-electron chi connectivity index (χ4n) is 3.18. The van der Waals surface area contributed by atoms with Crippen molar-refractivity contribution in [2.75, 3.05) is 25.6 Å². The molecule has 0 saturated carbocycles. The molecule has 2 rings (SSSR count). The lowest BCUT2D eigenvalue weighted by molar-refractivity contribution is -0.344. The number of carbonyl (C=O) groups is 4. The Morgan fingerprint density at radius 1 is 0.954 bits per heavy atom. The summed E-state index contributed by atoms with van der Waals surface area (Å²) in [6.45, 7) is 5.08. The number of anilines is 1. The van der Waals surface area contributed by atoms with Gasteiger partial charge in [0.05, 0.1) is 44.6 Å². The van der Waals surface area contributed by atoms with Crippen LogP contribution in [0.25, 0.3) is 0 Å². The van der Waals surface area contributed by atoms with Crippen molar-refractivity contribution in [3.05, 3.63) is 39.0 Å². The summed E-state index contributed by atoms with van der Waals surface area (Å²) in [5, 5.41) is 44.2. The summed E-state index contributed by atoms with van der Waals surface area (Å²) in [7, 11) is -15.9. The lowest BCUT2D eigenvalue weighted by Crippen LogP contribution is -2.36. The van der Waals surface area contributed by atoms with Crippen LogP contribution in [0.3, 0.4) is 0 Å². The molecule has 0 radical (unpaired) electrons. The van der Waals surface area contributed by atoms with Gasteiger partial charge < -0.3 is 97.9 Å². The van der Waals surface area contributed by atoms with Gasteiger partial charge in [0.15, 0.2) is 12.1 Å². The van der Waals surface area contributed by atoms with Gasteiger partial charge in [0, 0.05) is 35.7 Å². The van der Waals surface area contributed by atoms with Gasteiger partial charge in [0.25, 0.3) is 15.6 Å². The number of phosphoric ester groups is 3. The van der Waals surface area contributed by atoms with Gasteiger partial charge in [-0.1, -0.05) is 11.8 Å². The van der Waals surface area contributed by atoms with Crippen LogP contribution < -0.4 is 35.1 Å². The van der Waals surface area contributed by atoms with E-state index < -0.39 is 87.0 Å². The van der Waals surface area contributed by atoms with Crippen LogP contribution >= 0.6 is 78.7 Å². The number of aldehydes is 1. The zero-order valence-corrected chi connectivity index (χ0v) is 42.7. The van der Waals surface area contributed by atoms with E-state index in [1.54, 1.807) is 24.9 Å². The van der Waals surface area contributed by atoms with Crippen LogP contribution in [0.1, 0.15) is 45.5 Å². The zero-order chi connectivity index (χ0) is 54.1. The van der Waals surface area contributed by atoms with Crippen LogP contribution in [0.4, 0.5) is 5.82 Å². The molecule has 2 heterocycles. The Labute approximate surface area is 386 Å². The minimum Gasteiger partial charge on any atom is -0.790 e. The van der Waals surface area contributed by atoms with Crippen molar-refractivity contribution >= 4 is 114 Å². The number of nitrogens with two attached hydrogens (primary N) is 1. The van der Waals surface area contributed by atoms with E-state index in [4.69, 9.17) is 43.2 Å². The molecule has 0 fully saturated rings. The van der Waals surface area contributed by atoms with Crippen molar-refractivity contribution in [2.24, 2.45) is 0 Å². The summed E-state index contributed by atoms with van der Waals surface area (Å²) in [6.07, 6.45) is -3.04. The summed E-state index contributed by atoms with van der Waals surface area (Å²) < 4.78 is 69.1. The first-order valence-corrected chi connectivity index (χ1v) is 27.3. The SMILES string of the molecule is CC(=O)C(=O)O.CC(=O)[C@@H](O)[C@H](O)COP(=O)([O-])[O-].CC1=C(CCOP(=O)([O-])OP(=O)([O-])O)S/C(=C(\C)O)N1Cc1cnc(C)nc1N.O=C=O.O=C[C@H](O)COP(=O)([O-])[O-].[3H]PP.[3H]PP. The predicted molar refractivity (Wildman–Crippen MR) is 225 cm³/mol. The summed E-state index contributed by atoms with van der Waals surface area (Å²) in [6, 6.07) is 0. The first-order valence-electron chi connectivity index (χ1n) is 17.0. The maximum absolute atomic E-state index is 11.4. The molecular weight excluding hydrogens is 1060 g/mol. The van der Waals surface area contributed by atoms with Gasteiger partial charge in [0.1, 0.15) is 40.7 Å². The van der Waals surface area contributed by atoms with Gasteiger partial charge in [-0.2, -0.15) is 9.59 Å². The second-order valence-corrected chi connectivity index (χ2v) is 16.9. The molecule has 1 aromatic heterocycles. The first kappa shape index (κ1) is 67.5. The van der Waals surface area contributed by atoms with Crippen molar-refractivity contribution in [3.63, 3.8) is 0 Å². The highest BCUT2D eigenvalue weighted by Crippen LogP contribution is 2.53. The Morgan fingerprint density at radius 2 is 1.40 bits per heavy atom. The van der Waals surface area contributed by atoms with Crippen molar-refractivity contribution in [2.45, 2.75) is 65.9 Å². The van der Waals surface area contributed by atoms with E-state index in [9.17, 15) is 71.9 Å². The fraction of sp³-hybridized carbons (Fsp3) is 0.500. The van der Waals surface area contributed by atoms with Gasteiger partial charge >= 0.3 is 12.1 Å². The third-order valence-corrected chi connectivity index (χ3v) is 10.3. The minimum atomic E-state index is -5.49. The Morgan fingerprint density at radius 3 is 1.75 bits per heavy atom. The minimum absolute atomic E-state index is 0.0438. The highest BCUT2D eigenvalue weighted by Gasteiger charge is 2.29. The number of aliphatic hydroxyl groups excluding tert-OH is 4. The van der Waals surface area contributed by atoms with Crippen LogP contribution in [-0.2, 0) is 71.5 Å². The van der Waals surface area contributed by atoms with Crippen molar-refractivity contribution in [1.29, 1.82) is 2.56 Å². The third-order valence-electron chi connectivity index (χ3n) is 5.76. The molecule has 1 aliphatic heterocycles. The number of carboxylic acid groups (broad SMARTS) is 1. The number of thioether (sulfide) groups is 1. The smallest absolute Gasteiger partial charge is 0.373 e. The Balaban J connectivity index is -0.000000278. The van der Waals surface area contributed by atoms with Crippen LogP contribution in [-0.4, -0.2) is 116 Å². The van der Waals surface area contributed by atoms with E-state index in [0.717, 1.165) is 13.8 Å². The summed E-state index contributed by atoms with van der Waals surface area (Å²) in [5.74, 6) is -2.08. The molecule has 0 spiro atoms. The number of aliphatic hydroxyl groups is 4. The molecule has 9 atom stereocenters. The Hall–Kier alpha value is -1.75. The molecule has 6 unspecified atom stereocenters. The van der Waals surface area contributed by atoms with E-state index in [1.165, 1.54) is 18.7 Å². The molecule has 0 aromatic carbocycles. The molecule has 65 heavy (non-hydrogen) atoms. The van der Waals surface area contributed by atoms with E-state index in [0.29, 0.717) is 32.8 Å². The van der Waals surface area contributed by atoms with E-state index in [-0.39, 0.29) is 48.9 Å². The number of hydrogen-bond acceptors (Lipinski definition) is 29. The second kappa shape index (κ2) is 37.2. The number of aromatic nitrogens is 2. The number of carbonyl (C=O) groups excluding carboxylic acids is 5. The van der Waals surface area contributed by atoms with Gasteiger partial charge in [-0.25, -0.2) is 19.1 Å². The van der Waals surface area contributed by atoms with Crippen LogP contribution in [0, 0.1) is 6.92 Å². The summed E-state index contributed by atoms with van der Waals surface area (Å²) in [5.41, 5.74) is 7.28. The number of nitrogen functional groups attached to an aromatic ring is 1. The number of carboxylic acids is 1. The molecule has 0 bridgehead atoms. The molecule has 0 aliphatic carbocycles. The van der Waals surface area contributed by atoms with Crippen molar-refractivity contribution in [3.8, 4) is 0 Å². The largest absolute Gasteiger partial charge is 0.790 e. The van der Waals surface area contributed by atoms with Crippen molar-refractivity contribution < 1.29 is 125 Å². The normalized spacial score (nSPS) is 16.5. The fourth-order valence-corrected chi connectivity index (χ4v) is 6.50. The molecule has 1 aliphatic rings. The van der Waals surface area contributed by atoms with E-state index >= 15 is 0 Å². The van der Waals surface area contributed by atoms with Gasteiger partial charge in [-0.15, -0.1) is 35.6 Å². The van der Waals surface area contributed by atoms with Crippen LogP contribution in [0.15, 0.2) is 27.6 Å². The number of allylic oxidation sites excluding steroid dienone is 2. The third kappa shape index (κ3) is 41.0. The molecule has 39 heteroatoms. The maximum atomic E-state index is 11.4. The molecular formula is C26H46N4O26P8S-6. The summed E-state index contributed by atoms with van der Waals surface area (Å²) in [4.78, 5) is 135. The lowest BCUT2D eigenvalue weighted by Gasteiger charge is -2.30. The number of Topliss-reactive ketones (excluding diaryl/α,β-unsaturated/α-hetero) is 2. The highest BCUT2D eigenvalue weighted by molar-refractivity contribution is 8.07. The molecule has 8 N–H and O–H groups in total. The van der Waals surface area contributed by atoms with Gasteiger partial charge in [0.2, 0.25) is 5.78 Å². The Bertz CT molecular complexity index is 1970. The molecule has 30 nitrogen and oxygen atoms in total. The molecule has 0 saturated heterocycles. The summed E-state index contributed by atoms with van der Waals surface area (Å²) >= 11 is 1.20. The zero-order valence-electron chi connectivity index (χ0n) is 36.0. The van der Waals surface area contributed by atoms with Gasteiger partial charge in [-0.05, 0) is 27.7 Å².